The number of aromatic nitrogens is 7. The third-order valence-corrected chi connectivity index (χ3v) is 7.39. The number of amides is 1. The van der Waals surface area contributed by atoms with E-state index in [9.17, 15) is 4.79 Å². The minimum absolute atomic E-state index is 0.0738. The molecule has 7 rings (SSSR count). The van der Waals surface area contributed by atoms with Gasteiger partial charge in [-0.2, -0.15) is 5.10 Å². The molecule has 1 aliphatic rings. The van der Waals surface area contributed by atoms with Gasteiger partial charge in [-0.15, -0.1) is 0 Å². The minimum Gasteiger partial charge on any atom is -0.336 e. The van der Waals surface area contributed by atoms with Gasteiger partial charge in [0.1, 0.15) is 5.52 Å². The fraction of sp³-hybridized carbons (Fsp3) is 0.200. The average Bonchev–Trinajstić information content (AvgIpc) is 3.62. The van der Waals surface area contributed by atoms with Crippen LogP contribution < -0.4 is 5.32 Å². The van der Waals surface area contributed by atoms with Crippen molar-refractivity contribution in [3.8, 4) is 33.9 Å². The van der Waals surface area contributed by atoms with Gasteiger partial charge >= 0.3 is 0 Å². The highest BCUT2D eigenvalue weighted by atomic mass is 16.1. The van der Waals surface area contributed by atoms with Crippen LogP contribution in [0.3, 0.4) is 0 Å². The molecular weight excluding hydrogens is 488 g/mol. The number of anilines is 1. The van der Waals surface area contributed by atoms with Gasteiger partial charge in [-0.1, -0.05) is 37.5 Å². The van der Waals surface area contributed by atoms with Gasteiger partial charge in [-0.25, -0.2) is 9.97 Å². The van der Waals surface area contributed by atoms with Gasteiger partial charge in [0.05, 0.1) is 34.1 Å². The summed E-state index contributed by atoms with van der Waals surface area (Å²) in [7, 11) is 0. The van der Waals surface area contributed by atoms with Crippen LogP contribution in [0.4, 0.5) is 5.69 Å². The van der Waals surface area contributed by atoms with E-state index in [1.807, 2.05) is 54.7 Å². The predicted molar refractivity (Wildman–Crippen MR) is 151 cm³/mol. The summed E-state index contributed by atoms with van der Waals surface area (Å²) in [6.45, 7) is 0. The van der Waals surface area contributed by atoms with Crippen molar-refractivity contribution in [2.45, 2.75) is 32.1 Å². The van der Waals surface area contributed by atoms with Gasteiger partial charge in [-0.05, 0) is 43.2 Å². The summed E-state index contributed by atoms with van der Waals surface area (Å²) in [4.78, 5) is 34.6. The first-order valence-electron chi connectivity index (χ1n) is 13.2. The van der Waals surface area contributed by atoms with Gasteiger partial charge < -0.3 is 10.3 Å². The summed E-state index contributed by atoms with van der Waals surface area (Å²) in [5.74, 6) is 0.779. The van der Waals surface area contributed by atoms with E-state index in [1.165, 1.54) is 6.42 Å². The number of hydrogen-bond donors (Lipinski definition) is 3. The molecule has 1 aromatic carbocycles. The van der Waals surface area contributed by atoms with Crippen molar-refractivity contribution in [3.05, 3.63) is 73.3 Å². The number of hydrogen-bond acceptors (Lipinski definition) is 6. The zero-order valence-electron chi connectivity index (χ0n) is 21.2. The van der Waals surface area contributed by atoms with Gasteiger partial charge in [0.25, 0.3) is 0 Å². The largest absolute Gasteiger partial charge is 0.336 e. The van der Waals surface area contributed by atoms with Gasteiger partial charge in [0.2, 0.25) is 5.91 Å². The molecule has 0 spiro atoms. The Morgan fingerprint density at radius 3 is 2.62 bits per heavy atom. The van der Waals surface area contributed by atoms with Gasteiger partial charge in [-0.3, -0.25) is 19.9 Å². The molecule has 9 nitrogen and oxygen atoms in total. The predicted octanol–water partition coefficient (Wildman–Crippen LogP) is 6.14. The number of carbonyl (C=O) groups is 1. The molecule has 0 atom stereocenters. The van der Waals surface area contributed by atoms with Crippen LogP contribution in [0.5, 0.6) is 0 Å². The number of H-pyrrole nitrogens is 2. The molecule has 1 saturated carbocycles. The van der Waals surface area contributed by atoms with Crippen LogP contribution in [-0.2, 0) is 4.79 Å². The lowest BCUT2D eigenvalue weighted by atomic mass is 9.88. The van der Waals surface area contributed by atoms with E-state index in [1.54, 1.807) is 18.6 Å². The van der Waals surface area contributed by atoms with Crippen molar-refractivity contribution in [2.24, 2.45) is 5.92 Å². The van der Waals surface area contributed by atoms with E-state index in [0.717, 1.165) is 64.6 Å². The lowest BCUT2D eigenvalue weighted by Gasteiger charge is -2.20. The number of nitrogens with one attached hydrogen (secondary N) is 3. The molecule has 0 saturated heterocycles. The molecule has 0 bridgehead atoms. The maximum atomic E-state index is 12.8. The molecule has 1 aliphatic carbocycles. The van der Waals surface area contributed by atoms with E-state index >= 15 is 0 Å². The number of pyridine rings is 3. The second-order valence-corrected chi connectivity index (χ2v) is 9.98. The smallest absolute Gasteiger partial charge is 0.227 e. The van der Waals surface area contributed by atoms with Crippen molar-refractivity contribution in [2.75, 3.05) is 5.32 Å². The third kappa shape index (κ3) is 4.41. The van der Waals surface area contributed by atoms with E-state index in [4.69, 9.17) is 9.97 Å². The summed E-state index contributed by atoms with van der Waals surface area (Å²) in [5, 5.41) is 10.7. The van der Waals surface area contributed by atoms with Gasteiger partial charge in [0.15, 0.2) is 11.5 Å². The lowest BCUT2D eigenvalue weighted by Crippen LogP contribution is -2.24. The molecule has 0 radical (unpaired) electrons. The van der Waals surface area contributed by atoms with Crippen LogP contribution in [0, 0.1) is 5.92 Å². The summed E-state index contributed by atoms with van der Waals surface area (Å²) in [6.07, 6.45) is 12.4. The second-order valence-electron chi connectivity index (χ2n) is 9.98. The Morgan fingerprint density at radius 1 is 0.846 bits per heavy atom. The number of nitrogens with zero attached hydrogens (tertiary/aromatic N) is 5. The topological polar surface area (TPSA) is 125 Å². The molecule has 5 aromatic heterocycles. The number of rotatable bonds is 5. The van der Waals surface area contributed by atoms with Crippen molar-refractivity contribution in [1.29, 1.82) is 0 Å². The van der Waals surface area contributed by atoms with Crippen molar-refractivity contribution < 1.29 is 4.79 Å². The van der Waals surface area contributed by atoms with Crippen molar-refractivity contribution in [1.82, 2.24) is 35.1 Å². The standard InChI is InChI=1S/C30H26N8O/c39-30(18-6-2-1-3-7-18)33-21-14-20(16-32-17-21)23-11-12-25-27(34-23)28(38-37-25)29-35-24-10-4-9-22(26(24)36-29)19-8-5-13-31-15-19/h4-5,8-18H,1-3,6-7H2,(H,33,39)(H,35,36)(H,37,38). The zero-order valence-corrected chi connectivity index (χ0v) is 21.2. The average molecular weight is 515 g/mol. The van der Waals surface area contributed by atoms with E-state index < -0.39 is 0 Å². The first kappa shape index (κ1) is 23.2. The SMILES string of the molecule is O=C(Nc1cncc(-c2ccc3[nH]nc(-c4nc5c(-c6cccnc6)cccc5[nH]4)c3n2)c1)C1CCCCC1. The van der Waals surface area contributed by atoms with Crippen LogP contribution in [0.1, 0.15) is 32.1 Å². The molecule has 1 fully saturated rings. The Labute approximate surface area is 224 Å². The van der Waals surface area contributed by atoms with E-state index in [2.05, 4.69) is 30.5 Å². The summed E-state index contributed by atoms with van der Waals surface area (Å²) < 4.78 is 0. The normalized spacial score (nSPS) is 14.2. The van der Waals surface area contributed by atoms with Crippen LogP contribution in [-0.4, -0.2) is 41.0 Å². The minimum atomic E-state index is 0.0738. The summed E-state index contributed by atoms with van der Waals surface area (Å²) >= 11 is 0. The highest BCUT2D eigenvalue weighted by Gasteiger charge is 2.21. The first-order chi connectivity index (χ1) is 19.2. The number of para-hydroxylation sites is 1. The maximum Gasteiger partial charge on any atom is 0.227 e. The highest BCUT2D eigenvalue weighted by molar-refractivity contribution is 5.96. The molecule has 39 heavy (non-hydrogen) atoms. The first-order valence-corrected chi connectivity index (χ1v) is 13.2. The lowest BCUT2D eigenvalue weighted by molar-refractivity contribution is -0.120. The number of carbonyl (C=O) groups excluding carboxylic acids is 1. The second kappa shape index (κ2) is 9.75. The Bertz CT molecular complexity index is 1800. The fourth-order valence-electron chi connectivity index (χ4n) is 5.38. The molecule has 9 heteroatoms. The van der Waals surface area contributed by atoms with Gasteiger partial charge in [0, 0.05) is 41.2 Å². The Morgan fingerprint density at radius 2 is 1.74 bits per heavy atom. The molecule has 5 heterocycles. The van der Waals surface area contributed by atoms with Crippen molar-refractivity contribution in [3.63, 3.8) is 0 Å². The molecule has 3 N–H and O–H groups in total. The molecule has 1 amide bonds. The van der Waals surface area contributed by atoms with Crippen LogP contribution in [0.25, 0.3) is 56.0 Å². The molecule has 6 aromatic rings. The Hall–Kier alpha value is -4.92. The van der Waals surface area contributed by atoms with E-state index in [-0.39, 0.29) is 11.8 Å². The maximum absolute atomic E-state index is 12.8. The molecule has 0 unspecified atom stereocenters. The van der Waals surface area contributed by atoms with Crippen LogP contribution >= 0.6 is 0 Å². The number of imidazole rings is 1. The fourth-order valence-corrected chi connectivity index (χ4v) is 5.38. The highest BCUT2D eigenvalue weighted by Crippen LogP contribution is 2.32. The number of fused-ring (bicyclic) bond motifs is 2. The summed E-state index contributed by atoms with van der Waals surface area (Å²) in [5.41, 5.74) is 8.11. The van der Waals surface area contributed by atoms with E-state index in [0.29, 0.717) is 22.7 Å². The van der Waals surface area contributed by atoms with Crippen molar-refractivity contribution >= 4 is 33.7 Å². The molecular formula is C30H26N8O. The van der Waals surface area contributed by atoms with Crippen LogP contribution in [0.15, 0.2) is 73.3 Å². The Balaban J connectivity index is 1.23. The zero-order chi connectivity index (χ0) is 26.2. The quantitative estimate of drug-likeness (QED) is 0.254. The number of aromatic amines is 2. The van der Waals surface area contributed by atoms with Crippen LogP contribution in [0.2, 0.25) is 0 Å². The third-order valence-electron chi connectivity index (χ3n) is 7.39. The summed E-state index contributed by atoms with van der Waals surface area (Å²) in [6, 6.07) is 15.8. The number of benzene rings is 1. The molecule has 192 valence electrons. The molecule has 0 aliphatic heterocycles. The monoisotopic (exact) mass is 514 g/mol. The Kier molecular flexibility index (Phi) is 5.81.